The number of aromatic nitrogens is 1. The second-order valence-corrected chi connectivity index (χ2v) is 7.93. The number of hydrogen-bond donors (Lipinski definition) is 2. The van der Waals surface area contributed by atoms with E-state index in [0.29, 0.717) is 5.75 Å². The van der Waals surface area contributed by atoms with Crippen LogP contribution in [0.1, 0.15) is 5.69 Å². The van der Waals surface area contributed by atoms with Crippen LogP contribution in [0.25, 0.3) is 0 Å². The molecule has 4 rings (SSSR count). The summed E-state index contributed by atoms with van der Waals surface area (Å²) in [4.78, 5) is 3.62. The van der Waals surface area contributed by atoms with E-state index < -0.39 is 21.7 Å². The highest BCUT2D eigenvalue weighted by Crippen LogP contribution is 2.40. The van der Waals surface area contributed by atoms with E-state index in [4.69, 9.17) is 9.47 Å². The van der Waals surface area contributed by atoms with Crippen LogP contribution in [0.15, 0.2) is 64.0 Å². The third-order valence-electron chi connectivity index (χ3n) is 4.34. The number of methoxy groups -OCH3 is 1. The van der Waals surface area contributed by atoms with Gasteiger partial charge in [-0.2, -0.15) is 8.42 Å². The molecule has 8 nitrogen and oxygen atoms in total. The molecule has 0 saturated carbocycles. The van der Waals surface area contributed by atoms with Gasteiger partial charge in [-0.3, -0.25) is 4.98 Å². The van der Waals surface area contributed by atoms with Gasteiger partial charge in [-0.25, -0.2) is 8.78 Å². The van der Waals surface area contributed by atoms with Crippen molar-refractivity contribution < 1.29 is 26.7 Å². The molecule has 0 spiro atoms. The summed E-state index contributed by atoms with van der Waals surface area (Å²) < 4.78 is 67.9. The van der Waals surface area contributed by atoms with Gasteiger partial charge in [-0.15, -0.1) is 4.40 Å². The van der Waals surface area contributed by atoms with Crippen molar-refractivity contribution in [2.75, 3.05) is 12.4 Å². The van der Waals surface area contributed by atoms with Gasteiger partial charge in [-0.1, -0.05) is 0 Å². The maximum Gasteiger partial charge on any atom is 0.287 e. The number of nitrogens with zero attached hydrogens (tertiary/aromatic N) is 2. The normalized spacial score (nSPS) is 14.1. The van der Waals surface area contributed by atoms with Gasteiger partial charge in [0, 0.05) is 6.20 Å². The molecule has 0 saturated heterocycles. The highest BCUT2D eigenvalue weighted by atomic mass is 32.2. The summed E-state index contributed by atoms with van der Waals surface area (Å²) in [6.07, 6.45) is 1.40. The first kappa shape index (κ1) is 20.5. The SMILES string of the molecule is COc1ccc(Oc2c(F)ccc3c2NC(NCc2ncccc2F)=NS3(=O)=O)cc1. The molecule has 2 aromatic carbocycles. The maximum absolute atomic E-state index is 14.6. The minimum Gasteiger partial charge on any atom is -0.497 e. The molecule has 11 heteroatoms. The molecule has 2 heterocycles. The second-order valence-electron chi connectivity index (χ2n) is 6.35. The fraction of sp³-hybridized carbons (Fsp3) is 0.100. The zero-order valence-electron chi connectivity index (χ0n) is 16.1. The Labute approximate surface area is 176 Å². The van der Waals surface area contributed by atoms with Crippen LogP contribution in [0.5, 0.6) is 17.2 Å². The predicted octanol–water partition coefficient (Wildman–Crippen LogP) is 3.42. The van der Waals surface area contributed by atoms with Gasteiger partial charge in [0.05, 0.1) is 19.3 Å². The number of anilines is 1. The van der Waals surface area contributed by atoms with Crippen LogP contribution in [0, 0.1) is 11.6 Å². The lowest BCUT2D eigenvalue weighted by Crippen LogP contribution is -2.35. The van der Waals surface area contributed by atoms with Crippen LogP contribution in [0.4, 0.5) is 14.5 Å². The molecule has 0 aliphatic carbocycles. The highest BCUT2D eigenvalue weighted by Gasteiger charge is 2.30. The summed E-state index contributed by atoms with van der Waals surface area (Å²) in [5.74, 6) is -1.06. The number of sulfonamides is 1. The van der Waals surface area contributed by atoms with Gasteiger partial charge in [0.2, 0.25) is 5.96 Å². The fourth-order valence-electron chi connectivity index (χ4n) is 2.84. The van der Waals surface area contributed by atoms with Crippen molar-refractivity contribution in [2.24, 2.45) is 4.40 Å². The molecule has 3 aromatic rings. The van der Waals surface area contributed by atoms with E-state index in [-0.39, 0.29) is 40.3 Å². The van der Waals surface area contributed by atoms with Gasteiger partial charge in [0.1, 0.15) is 27.9 Å². The molecule has 31 heavy (non-hydrogen) atoms. The summed E-state index contributed by atoms with van der Waals surface area (Å²) in [6.45, 7) is -0.145. The third kappa shape index (κ3) is 4.26. The Bertz CT molecular complexity index is 1260. The third-order valence-corrected chi connectivity index (χ3v) is 5.66. The Morgan fingerprint density at radius 1 is 1.03 bits per heavy atom. The summed E-state index contributed by atoms with van der Waals surface area (Å²) in [5, 5.41) is 5.38. The van der Waals surface area contributed by atoms with Crippen LogP contribution in [0.3, 0.4) is 0 Å². The van der Waals surface area contributed by atoms with Crippen molar-refractivity contribution in [1.29, 1.82) is 0 Å². The lowest BCUT2D eigenvalue weighted by atomic mass is 10.2. The van der Waals surface area contributed by atoms with Crippen molar-refractivity contribution in [3.05, 3.63) is 72.1 Å². The zero-order valence-corrected chi connectivity index (χ0v) is 16.9. The standard InChI is InChI=1S/C20H16F2N4O4S/c1-29-12-4-6-13(7-5-12)30-19-15(22)8-9-17-18(19)25-20(26-31(17,27)28)24-11-16-14(21)3-2-10-23-16/h2-10H,11H2,1H3,(H2,24,25,26). The number of benzene rings is 2. The monoisotopic (exact) mass is 446 g/mol. The largest absolute Gasteiger partial charge is 0.497 e. The molecule has 0 amide bonds. The van der Waals surface area contributed by atoms with Crippen molar-refractivity contribution >= 4 is 21.7 Å². The average molecular weight is 446 g/mol. The maximum atomic E-state index is 14.6. The lowest BCUT2D eigenvalue weighted by molar-refractivity contribution is 0.411. The van der Waals surface area contributed by atoms with Crippen molar-refractivity contribution in [1.82, 2.24) is 10.3 Å². The van der Waals surface area contributed by atoms with E-state index in [1.807, 2.05) is 0 Å². The summed E-state index contributed by atoms with van der Waals surface area (Å²) >= 11 is 0. The number of halogens is 2. The molecule has 0 atom stereocenters. The Morgan fingerprint density at radius 3 is 2.48 bits per heavy atom. The minimum absolute atomic E-state index is 0.0594. The van der Waals surface area contributed by atoms with Crippen LogP contribution < -0.4 is 20.1 Å². The summed E-state index contributed by atoms with van der Waals surface area (Å²) in [6, 6.07) is 11.0. The fourth-order valence-corrected chi connectivity index (χ4v) is 3.93. The van der Waals surface area contributed by atoms with Gasteiger partial charge in [0.25, 0.3) is 10.0 Å². The van der Waals surface area contributed by atoms with Gasteiger partial charge in [-0.05, 0) is 48.5 Å². The Kier molecular flexibility index (Phi) is 5.42. The van der Waals surface area contributed by atoms with Gasteiger partial charge in [0.15, 0.2) is 11.6 Å². The number of fused-ring (bicyclic) bond motifs is 1. The van der Waals surface area contributed by atoms with E-state index in [0.717, 1.165) is 12.1 Å². The van der Waals surface area contributed by atoms with E-state index in [1.54, 1.807) is 24.3 Å². The number of rotatable bonds is 5. The average Bonchev–Trinajstić information content (AvgIpc) is 2.75. The van der Waals surface area contributed by atoms with Crippen molar-refractivity contribution in [3.63, 3.8) is 0 Å². The van der Waals surface area contributed by atoms with E-state index in [1.165, 1.54) is 25.4 Å². The minimum atomic E-state index is -4.17. The molecule has 1 aliphatic heterocycles. The molecule has 0 bridgehead atoms. The number of ether oxygens (including phenoxy) is 2. The number of nitrogens with one attached hydrogen (secondary N) is 2. The Morgan fingerprint density at radius 2 is 1.77 bits per heavy atom. The van der Waals surface area contributed by atoms with E-state index in [2.05, 4.69) is 20.0 Å². The Balaban J connectivity index is 1.65. The van der Waals surface area contributed by atoms with Crippen molar-refractivity contribution in [3.8, 4) is 17.2 Å². The summed E-state index contributed by atoms with van der Waals surface area (Å²) in [5.41, 5.74) is -0.0704. The number of hydrogen-bond acceptors (Lipinski definition) is 7. The number of pyridine rings is 1. The van der Waals surface area contributed by atoms with Gasteiger partial charge < -0.3 is 20.1 Å². The topological polar surface area (TPSA) is 102 Å². The van der Waals surface area contributed by atoms with Gasteiger partial charge >= 0.3 is 0 Å². The number of guanidine groups is 1. The first-order chi connectivity index (χ1) is 14.9. The lowest BCUT2D eigenvalue weighted by Gasteiger charge is -2.22. The Hall–Kier alpha value is -3.73. The molecule has 160 valence electrons. The molecule has 2 N–H and O–H groups in total. The van der Waals surface area contributed by atoms with Crippen molar-refractivity contribution in [2.45, 2.75) is 11.4 Å². The molecular formula is C20H16F2N4O4S. The quantitative estimate of drug-likeness (QED) is 0.619. The predicted molar refractivity (Wildman–Crippen MR) is 109 cm³/mol. The van der Waals surface area contributed by atoms with E-state index in [9.17, 15) is 17.2 Å². The van der Waals surface area contributed by atoms with Crippen LogP contribution >= 0.6 is 0 Å². The molecule has 0 fully saturated rings. The molecule has 0 radical (unpaired) electrons. The first-order valence-corrected chi connectivity index (χ1v) is 10.4. The van der Waals surface area contributed by atoms with Crippen LogP contribution in [-0.2, 0) is 16.6 Å². The second kappa shape index (κ2) is 8.19. The first-order valence-electron chi connectivity index (χ1n) is 8.97. The van der Waals surface area contributed by atoms with Crippen LogP contribution in [0.2, 0.25) is 0 Å². The smallest absolute Gasteiger partial charge is 0.287 e. The molecule has 1 aromatic heterocycles. The van der Waals surface area contributed by atoms with E-state index >= 15 is 0 Å². The van der Waals surface area contributed by atoms with Crippen LogP contribution in [-0.4, -0.2) is 26.5 Å². The zero-order chi connectivity index (χ0) is 22.0. The summed E-state index contributed by atoms with van der Waals surface area (Å²) in [7, 11) is -2.66. The molecular weight excluding hydrogens is 430 g/mol. The highest BCUT2D eigenvalue weighted by molar-refractivity contribution is 7.90. The molecule has 1 aliphatic rings. The molecule has 0 unspecified atom stereocenters.